The molecular formula is C15H15N5O. The fraction of sp³-hybridized carbons (Fsp3) is 0.133. The van der Waals surface area contributed by atoms with Crippen LogP contribution in [0.25, 0.3) is 0 Å². The van der Waals surface area contributed by atoms with E-state index in [1.807, 2.05) is 36.5 Å². The van der Waals surface area contributed by atoms with Gasteiger partial charge in [0.05, 0.1) is 12.8 Å². The number of hydrogen-bond donors (Lipinski definition) is 2. The van der Waals surface area contributed by atoms with Crippen LogP contribution in [0.1, 0.15) is 11.3 Å². The second-order valence-electron chi connectivity index (χ2n) is 4.41. The maximum Gasteiger partial charge on any atom is 0.224 e. The first kappa shape index (κ1) is 13.1. The predicted molar refractivity (Wildman–Crippen MR) is 79.6 cm³/mol. The molecule has 3 rings (SSSR count). The maximum atomic E-state index is 5.25. The molecule has 2 N–H and O–H groups in total. The number of aromatic nitrogens is 3. The fourth-order valence-electron chi connectivity index (χ4n) is 1.82. The van der Waals surface area contributed by atoms with Crippen LogP contribution in [-0.4, -0.2) is 15.0 Å². The van der Waals surface area contributed by atoms with Crippen molar-refractivity contribution in [1.82, 2.24) is 15.0 Å². The van der Waals surface area contributed by atoms with Gasteiger partial charge in [-0.25, -0.2) is 4.98 Å². The molecule has 3 heterocycles. The predicted octanol–water partition coefficient (Wildman–Crippen LogP) is 2.69. The van der Waals surface area contributed by atoms with Gasteiger partial charge in [0.1, 0.15) is 11.6 Å². The van der Waals surface area contributed by atoms with Crippen molar-refractivity contribution >= 4 is 11.8 Å². The van der Waals surface area contributed by atoms with Gasteiger partial charge in [0.15, 0.2) is 0 Å². The number of nitrogens with zero attached hydrogens (tertiary/aromatic N) is 3. The lowest BCUT2D eigenvalue weighted by Crippen LogP contribution is -2.06. The van der Waals surface area contributed by atoms with Crippen LogP contribution in [0, 0.1) is 0 Å². The van der Waals surface area contributed by atoms with Gasteiger partial charge in [0.25, 0.3) is 0 Å². The van der Waals surface area contributed by atoms with Crippen molar-refractivity contribution in [3.05, 3.63) is 66.5 Å². The first-order valence-corrected chi connectivity index (χ1v) is 6.62. The Balaban J connectivity index is 1.58. The standard InChI is InChI=1S/C15H15N5O/c1-3-12(9-16-6-1)10-18-14-5-7-17-15(20-14)19-11-13-4-2-8-21-13/h1-9H,10-11H2,(H2,17,18,19,20). The van der Waals surface area contributed by atoms with Gasteiger partial charge < -0.3 is 15.1 Å². The van der Waals surface area contributed by atoms with Crippen molar-refractivity contribution in [2.24, 2.45) is 0 Å². The van der Waals surface area contributed by atoms with E-state index in [1.165, 1.54) is 0 Å². The molecule has 0 amide bonds. The normalized spacial score (nSPS) is 10.3. The zero-order chi connectivity index (χ0) is 14.3. The minimum absolute atomic E-state index is 0.555. The highest BCUT2D eigenvalue weighted by atomic mass is 16.3. The number of hydrogen-bond acceptors (Lipinski definition) is 6. The summed E-state index contributed by atoms with van der Waals surface area (Å²) in [6, 6.07) is 9.50. The Morgan fingerprint density at radius 3 is 2.81 bits per heavy atom. The van der Waals surface area contributed by atoms with Gasteiger partial charge in [0, 0.05) is 25.1 Å². The zero-order valence-corrected chi connectivity index (χ0v) is 11.4. The van der Waals surface area contributed by atoms with Gasteiger partial charge in [-0.05, 0) is 29.8 Å². The van der Waals surface area contributed by atoms with Crippen molar-refractivity contribution in [3.63, 3.8) is 0 Å². The highest BCUT2D eigenvalue weighted by Gasteiger charge is 2.01. The monoisotopic (exact) mass is 281 g/mol. The first-order chi connectivity index (χ1) is 10.4. The lowest BCUT2D eigenvalue weighted by molar-refractivity contribution is 0.517. The van der Waals surface area contributed by atoms with E-state index in [1.54, 1.807) is 18.7 Å². The molecule has 21 heavy (non-hydrogen) atoms. The van der Waals surface area contributed by atoms with Crippen LogP contribution in [0.4, 0.5) is 11.8 Å². The lowest BCUT2D eigenvalue weighted by atomic mass is 10.3. The van der Waals surface area contributed by atoms with Gasteiger partial charge >= 0.3 is 0 Å². The molecule has 0 aromatic carbocycles. The summed E-state index contributed by atoms with van der Waals surface area (Å²) in [5.41, 5.74) is 1.10. The molecule has 0 saturated heterocycles. The molecule has 106 valence electrons. The summed E-state index contributed by atoms with van der Waals surface area (Å²) in [6.07, 6.45) is 6.93. The molecule has 0 fully saturated rings. The van der Waals surface area contributed by atoms with Crippen LogP contribution in [-0.2, 0) is 13.1 Å². The second-order valence-corrected chi connectivity index (χ2v) is 4.41. The van der Waals surface area contributed by atoms with Crippen molar-refractivity contribution in [1.29, 1.82) is 0 Å². The minimum Gasteiger partial charge on any atom is -0.467 e. The van der Waals surface area contributed by atoms with Crippen molar-refractivity contribution < 1.29 is 4.42 Å². The Kier molecular flexibility index (Phi) is 4.07. The van der Waals surface area contributed by atoms with Crippen molar-refractivity contribution in [2.75, 3.05) is 10.6 Å². The smallest absolute Gasteiger partial charge is 0.224 e. The highest BCUT2D eigenvalue weighted by Crippen LogP contribution is 2.09. The minimum atomic E-state index is 0.555. The Hall–Kier alpha value is -2.89. The first-order valence-electron chi connectivity index (χ1n) is 6.62. The molecule has 0 aliphatic heterocycles. The van der Waals surface area contributed by atoms with E-state index in [9.17, 15) is 0 Å². The highest BCUT2D eigenvalue weighted by molar-refractivity contribution is 5.40. The van der Waals surface area contributed by atoms with Crippen LogP contribution in [0.5, 0.6) is 0 Å². The second kappa shape index (κ2) is 6.51. The number of pyridine rings is 1. The van der Waals surface area contributed by atoms with E-state index >= 15 is 0 Å². The summed E-state index contributed by atoms with van der Waals surface area (Å²) in [5.74, 6) is 2.16. The molecule has 6 heteroatoms. The molecule has 6 nitrogen and oxygen atoms in total. The molecule has 0 aliphatic carbocycles. The molecular weight excluding hydrogens is 266 g/mol. The van der Waals surface area contributed by atoms with Gasteiger partial charge in [-0.1, -0.05) is 6.07 Å². The summed E-state index contributed by atoms with van der Waals surface area (Å²) in [7, 11) is 0. The van der Waals surface area contributed by atoms with E-state index < -0.39 is 0 Å². The van der Waals surface area contributed by atoms with Gasteiger partial charge in [-0.3, -0.25) is 4.98 Å². The number of rotatable bonds is 6. The van der Waals surface area contributed by atoms with Crippen LogP contribution >= 0.6 is 0 Å². The molecule has 0 saturated carbocycles. The summed E-state index contributed by atoms with van der Waals surface area (Å²) < 4.78 is 5.25. The lowest BCUT2D eigenvalue weighted by Gasteiger charge is -2.07. The third-order valence-electron chi connectivity index (χ3n) is 2.85. The molecule has 0 radical (unpaired) electrons. The Morgan fingerprint density at radius 2 is 2.00 bits per heavy atom. The molecule has 3 aromatic rings. The third-order valence-corrected chi connectivity index (χ3v) is 2.85. The number of nitrogens with one attached hydrogen (secondary N) is 2. The van der Waals surface area contributed by atoms with Crippen molar-refractivity contribution in [3.8, 4) is 0 Å². The zero-order valence-electron chi connectivity index (χ0n) is 11.4. The topological polar surface area (TPSA) is 75.9 Å². The third kappa shape index (κ3) is 3.79. The summed E-state index contributed by atoms with van der Waals surface area (Å²) >= 11 is 0. The Labute approximate surface area is 122 Å². The summed E-state index contributed by atoms with van der Waals surface area (Å²) in [5, 5.41) is 6.36. The van der Waals surface area contributed by atoms with Crippen LogP contribution in [0.3, 0.4) is 0 Å². The van der Waals surface area contributed by atoms with Gasteiger partial charge in [0.2, 0.25) is 5.95 Å². The van der Waals surface area contributed by atoms with Crippen LogP contribution < -0.4 is 10.6 Å². The average molecular weight is 281 g/mol. The summed E-state index contributed by atoms with van der Waals surface area (Å²) in [6.45, 7) is 1.22. The molecule has 0 aliphatic rings. The van der Waals surface area contributed by atoms with Gasteiger partial charge in [-0.15, -0.1) is 0 Å². The molecule has 0 bridgehead atoms. The van der Waals surface area contributed by atoms with Crippen LogP contribution in [0.2, 0.25) is 0 Å². The quantitative estimate of drug-likeness (QED) is 0.723. The fourth-order valence-corrected chi connectivity index (χ4v) is 1.82. The Bertz CT molecular complexity index is 670. The molecule has 0 atom stereocenters. The average Bonchev–Trinajstić information content (AvgIpc) is 3.06. The maximum absolute atomic E-state index is 5.25. The van der Waals surface area contributed by atoms with E-state index in [0.717, 1.165) is 17.1 Å². The summed E-state index contributed by atoms with van der Waals surface area (Å²) in [4.78, 5) is 12.6. The van der Waals surface area contributed by atoms with E-state index in [4.69, 9.17) is 4.42 Å². The number of furan rings is 1. The number of anilines is 2. The van der Waals surface area contributed by atoms with Crippen molar-refractivity contribution in [2.45, 2.75) is 13.1 Å². The Morgan fingerprint density at radius 1 is 1.00 bits per heavy atom. The van der Waals surface area contributed by atoms with E-state index in [2.05, 4.69) is 25.6 Å². The van der Waals surface area contributed by atoms with Gasteiger partial charge in [-0.2, -0.15) is 4.98 Å². The van der Waals surface area contributed by atoms with Crippen LogP contribution in [0.15, 0.2) is 59.6 Å². The molecule has 0 unspecified atom stereocenters. The SMILES string of the molecule is c1cncc(CNc2ccnc(NCc3ccco3)n2)c1. The molecule has 3 aromatic heterocycles. The van der Waals surface area contributed by atoms with E-state index in [0.29, 0.717) is 19.0 Å². The van der Waals surface area contributed by atoms with E-state index in [-0.39, 0.29) is 0 Å². The largest absolute Gasteiger partial charge is 0.467 e. The molecule has 0 spiro atoms.